The fraction of sp³-hybridized carbons (Fsp3) is 0.500. The minimum Gasteiger partial charge on any atom is -0.334 e. The van der Waals surface area contributed by atoms with Crippen LogP contribution in [0.1, 0.15) is 32.8 Å². The van der Waals surface area contributed by atoms with E-state index in [1.54, 1.807) is 22.1 Å². The Morgan fingerprint density at radius 1 is 1.39 bits per heavy atom. The number of pyridine rings is 1. The third-order valence-corrected chi connectivity index (χ3v) is 3.73. The molecule has 1 unspecified atom stereocenters. The molecule has 0 aliphatic rings. The highest BCUT2D eigenvalue weighted by Crippen LogP contribution is 2.11. The maximum Gasteiger partial charge on any atom is 0.317 e. The van der Waals surface area contributed by atoms with Gasteiger partial charge in [0.2, 0.25) is 0 Å². The number of rotatable bonds is 6. The number of nitrogens with zero attached hydrogens (tertiary/aromatic N) is 5. The fourth-order valence-electron chi connectivity index (χ4n) is 2.43. The summed E-state index contributed by atoms with van der Waals surface area (Å²) >= 11 is 0. The van der Waals surface area contributed by atoms with Gasteiger partial charge in [0.1, 0.15) is 12.7 Å². The van der Waals surface area contributed by atoms with E-state index in [0.717, 1.165) is 12.0 Å². The van der Waals surface area contributed by atoms with Gasteiger partial charge in [-0.3, -0.25) is 0 Å². The van der Waals surface area contributed by atoms with Crippen LogP contribution in [0.25, 0.3) is 5.82 Å². The molecule has 7 heteroatoms. The van der Waals surface area contributed by atoms with Crippen LogP contribution < -0.4 is 5.32 Å². The minimum absolute atomic E-state index is 0.0912. The van der Waals surface area contributed by atoms with Crippen molar-refractivity contribution < 1.29 is 4.79 Å². The van der Waals surface area contributed by atoms with Crippen LogP contribution in [0, 0.1) is 5.92 Å². The molecule has 1 N–H and O–H groups in total. The predicted octanol–water partition coefficient (Wildman–Crippen LogP) is 2.24. The van der Waals surface area contributed by atoms with Crippen LogP contribution in [0.3, 0.4) is 0 Å². The van der Waals surface area contributed by atoms with E-state index in [9.17, 15) is 4.79 Å². The molecule has 2 rings (SSSR count). The Labute approximate surface area is 136 Å². The summed E-state index contributed by atoms with van der Waals surface area (Å²) in [6.07, 6.45) is 5.71. The summed E-state index contributed by atoms with van der Waals surface area (Å²) in [6.45, 7) is 6.76. The first-order valence-electron chi connectivity index (χ1n) is 7.78. The largest absolute Gasteiger partial charge is 0.334 e. The van der Waals surface area contributed by atoms with Gasteiger partial charge in [-0.2, -0.15) is 5.10 Å². The SMILES string of the molecule is CC(C)CC(C)N(C)C(=O)NCc1cccnc1-n1cncn1. The molecule has 2 heterocycles. The van der Waals surface area contributed by atoms with Gasteiger partial charge < -0.3 is 10.2 Å². The summed E-state index contributed by atoms with van der Waals surface area (Å²) in [6, 6.07) is 3.86. The molecule has 2 amide bonds. The van der Waals surface area contributed by atoms with Gasteiger partial charge in [0, 0.05) is 31.4 Å². The van der Waals surface area contributed by atoms with Crippen LogP contribution in [-0.2, 0) is 6.54 Å². The summed E-state index contributed by atoms with van der Waals surface area (Å²) < 4.78 is 1.59. The average molecular weight is 316 g/mol. The Morgan fingerprint density at radius 3 is 2.83 bits per heavy atom. The second-order valence-corrected chi connectivity index (χ2v) is 6.07. The molecule has 0 saturated carbocycles. The third-order valence-electron chi connectivity index (χ3n) is 3.73. The van der Waals surface area contributed by atoms with Gasteiger partial charge in [0.25, 0.3) is 0 Å². The molecule has 0 fully saturated rings. The van der Waals surface area contributed by atoms with Gasteiger partial charge in [-0.05, 0) is 25.3 Å². The van der Waals surface area contributed by atoms with Crippen LogP contribution in [-0.4, -0.2) is 43.8 Å². The Kier molecular flexibility index (Phi) is 5.67. The van der Waals surface area contributed by atoms with Crippen molar-refractivity contribution in [2.45, 2.75) is 39.8 Å². The fourth-order valence-corrected chi connectivity index (χ4v) is 2.43. The lowest BCUT2D eigenvalue weighted by Crippen LogP contribution is -2.42. The van der Waals surface area contributed by atoms with Gasteiger partial charge >= 0.3 is 6.03 Å². The molecule has 0 aliphatic heterocycles. The molecule has 7 nitrogen and oxygen atoms in total. The zero-order chi connectivity index (χ0) is 16.8. The maximum absolute atomic E-state index is 12.3. The number of carbonyl (C=O) groups excluding carboxylic acids is 1. The second-order valence-electron chi connectivity index (χ2n) is 6.07. The monoisotopic (exact) mass is 316 g/mol. The third kappa shape index (κ3) is 4.51. The molecule has 0 saturated heterocycles. The van der Waals surface area contributed by atoms with E-state index in [-0.39, 0.29) is 12.1 Å². The zero-order valence-corrected chi connectivity index (χ0v) is 14.1. The maximum atomic E-state index is 12.3. The molecule has 0 spiro atoms. The van der Waals surface area contributed by atoms with E-state index in [1.807, 2.05) is 19.2 Å². The molecule has 0 bridgehead atoms. The van der Waals surface area contributed by atoms with Gasteiger partial charge in [-0.1, -0.05) is 19.9 Å². The van der Waals surface area contributed by atoms with Crippen LogP contribution >= 0.6 is 0 Å². The number of aromatic nitrogens is 4. The number of hydrogen-bond acceptors (Lipinski definition) is 4. The highest BCUT2D eigenvalue weighted by Gasteiger charge is 2.17. The van der Waals surface area contributed by atoms with Crippen molar-refractivity contribution in [3.05, 3.63) is 36.5 Å². The summed E-state index contributed by atoms with van der Waals surface area (Å²) in [5, 5.41) is 7.03. The highest BCUT2D eigenvalue weighted by atomic mass is 16.2. The Morgan fingerprint density at radius 2 is 2.17 bits per heavy atom. The van der Waals surface area contributed by atoms with Gasteiger partial charge in [-0.25, -0.2) is 19.4 Å². The molecule has 2 aromatic rings. The number of amides is 2. The molecule has 2 aromatic heterocycles. The topological polar surface area (TPSA) is 75.9 Å². The number of carbonyl (C=O) groups is 1. The molecule has 0 aliphatic carbocycles. The zero-order valence-electron chi connectivity index (χ0n) is 14.1. The van der Waals surface area contributed by atoms with Crippen LogP contribution in [0.4, 0.5) is 4.79 Å². The lowest BCUT2D eigenvalue weighted by Gasteiger charge is -2.26. The Bertz CT molecular complexity index is 625. The standard InChI is InChI=1S/C16H24N6O/c1-12(2)8-13(3)21(4)16(23)19-9-14-6-5-7-18-15(14)22-11-17-10-20-22/h5-7,10-13H,8-9H2,1-4H3,(H,19,23). The molecule has 23 heavy (non-hydrogen) atoms. The Balaban J connectivity index is 2.00. The van der Waals surface area contributed by atoms with E-state index in [0.29, 0.717) is 18.3 Å². The van der Waals surface area contributed by atoms with E-state index in [2.05, 4.69) is 41.2 Å². The molecule has 0 aromatic carbocycles. The first kappa shape index (κ1) is 16.9. The number of nitrogens with one attached hydrogen (secondary N) is 1. The van der Waals surface area contributed by atoms with Crippen LogP contribution in [0.15, 0.2) is 31.0 Å². The molecular weight excluding hydrogens is 292 g/mol. The Hall–Kier alpha value is -2.44. The summed E-state index contributed by atoms with van der Waals surface area (Å²) in [5.74, 6) is 1.22. The lowest BCUT2D eigenvalue weighted by molar-refractivity contribution is 0.186. The molecule has 0 radical (unpaired) electrons. The first-order chi connectivity index (χ1) is 11.0. The van der Waals surface area contributed by atoms with E-state index in [4.69, 9.17) is 0 Å². The van der Waals surface area contributed by atoms with Gasteiger partial charge in [0.15, 0.2) is 5.82 Å². The first-order valence-corrected chi connectivity index (χ1v) is 7.78. The van der Waals surface area contributed by atoms with Crippen molar-refractivity contribution in [2.75, 3.05) is 7.05 Å². The van der Waals surface area contributed by atoms with Gasteiger partial charge in [0.05, 0.1) is 0 Å². The van der Waals surface area contributed by atoms with Crippen molar-refractivity contribution in [2.24, 2.45) is 5.92 Å². The smallest absolute Gasteiger partial charge is 0.317 e. The summed E-state index contributed by atoms with van der Waals surface area (Å²) in [7, 11) is 1.82. The van der Waals surface area contributed by atoms with Crippen molar-refractivity contribution in [3.63, 3.8) is 0 Å². The van der Waals surface area contributed by atoms with Gasteiger partial charge in [-0.15, -0.1) is 0 Å². The minimum atomic E-state index is -0.0912. The highest BCUT2D eigenvalue weighted by molar-refractivity contribution is 5.74. The second kappa shape index (κ2) is 7.71. The molecule has 124 valence electrons. The normalized spacial score (nSPS) is 12.2. The number of urea groups is 1. The van der Waals surface area contributed by atoms with Crippen molar-refractivity contribution >= 4 is 6.03 Å². The van der Waals surface area contributed by atoms with Crippen molar-refractivity contribution in [3.8, 4) is 5.82 Å². The summed E-state index contributed by atoms with van der Waals surface area (Å²) in [5.41, 5.74) is 0.885. The lowest BCUT2D eigenvalue weighted by atomic mass is 10.0. The van der Waals surface area contributed by atoms with Crippen LogP contribution in [0.2, 0.25) is 0 Å². The van der Waals surface area contributed by atoms with Crippen LogP contribution in [0.5, 0.6) is 0 Å². The number of hydrogen-bond donors (Lipinski definition) is 1. The molecular formula is C16H24N6O. The quantitative estimate of drug-likeness (QED) is 0.887. The molecule has 1 atom stereocenters. The van der Waals surface area contributed by atoms with E-state index >= 15 is 0 Å². The van der Waals surface area contributed by atoms with E-state index < -0.39 is 0 Å². The summed E-state index contributed by atoms with van der Waals surface area (Å²) in [4.78, 5) is 22.3. The van der Waals surface area contributed by atoms with E-state index in [1.165, 1.54) is 6.33 Å². The predicted molar refractivity (Wildman–Crippen MR) is 88.1 cm³/mol. The average Bonchev–Trinajstić information content (AvgIpc) is 3.05. The van der Waals surface area contributed by atoms with Crippen molar-refractivity contribution in [1.29, 1.82) is 0 Å². The van der Waals surface area contributed by atoms with Crippen molar-refractivity contribution in [1.82, 2.24) is 30.0 Å².